The number of hydrogen-bond acceptors (Lipinski definition) is 5. The molecule has 1 aliphatic carbocycles. The van der Waals surface area contributed by atoms with E-state index in [1.807, 2.05) is 24.3 Å². The van der Waals surface area contributed by atoms with Crippen LogP contribution >= 0.6 is 0 Å². The fraction of sp³-hybridized carbons (Fsp3) is 0.526. The first-order valence-electron chi connectivity index (χ1n) is 9.15. The number of carbonyl (C=O) groups excluding carboxylic acids is 1. The largest absolute Gasteiger partial charge is 0.368 e. The standard InChI is InChI=1S/C19H24N4O2/c1-13(25-12-14-8-9-14)19(24)22-17-18(23-10-4-5-11-23)21-16-7-3-2-6-15(16)20-17/h2-3,6-7,13-14H,4-5,8-12H2,1H3,(H,20,22,24)/t13-/m0/s1. The van der Waals surface area contributed by atoms with Crippen molar-refractivity contribution in [1.29, 1.82) is 0 Å². The predicted octanol–water partition coefficient (Wildman–Crippen LogP) is 2.98. The van der Waals surface area contributed by atoms with Gasteiger partial charge >= 0.3 is 0 Å². The summed E-state index contributed by atoms with van der Waals surface area (Å²) in [6.07, 6.45) is 4.22. The Morgan fingerprint density at radius 3 is 2.60 bits per heavy atom. The van der Waals surface area contributed by atoms with Crippen LogP contribution in [-0.2, 0) is 9.53 Å². The van der Waals surface area contributed by atoms with E-state index in [1.165, 1.54) is 12.8 Å². The van der Waals surface area contributed by atoms with E-state index in [1.54, 1.807) is 6.92 Å². The van der Waals surface area contributed by atoms with Crippen molar-refractivity contribution in [2.75, 3.05) is 29.9 Å². The minimum absolute atomic E-state index is 0.161. The van der Waals surface area contributed by atoms with Gasteiger partial charge in [0.15, 0.2) is 11.6 Å². The van der Waals surface area contributed by atoms with Gasteiger partial charge in [0.05, 0.1) is 17.6 Å². The SMILES string of the molecule is C[C@H](OCC1CC1)C(=O)Nc1nc2ccccc2nc1N1CCCC1. The van der Waals surface area contributed by atoms with Gasteiger partial charge in [0.25, 0.3) is 5.91 Å². The van der Waals surface area contributed by atoms with Gasteiger partial charge in [0.1, 0.15) is 6.10 Å². The summed E-state index contributed by atoms with van der Waals surface area (Å²) in [6.45, 7) is 4.35. The maximum Gasteiger partial charge on any atom is 0.254 e. The molecule has 4 rings (SSSR count). The van der Waals surface area contributed by atoms with Crippen molar-refractivity contribution < 1.29 is 9.53 Å². The van der Waals surface area contributed by atoms with E-state index in [2.05, 4.69) is 15.2 Å². The van der Waals surface area contributed by atoms with Crippen LogP contribution in [0.1, 0.15) is 32.6 Å². The van der Waals surface area contributed by atoms with Crippen LogP contribution in [0.15, 0.2) is 24.3 Å². The molecule has 6 nitrogen and oxygen atoms in total. The lowest BCUT2D eigenvalue weighted by molar-refractivity contribution is -0.126. The van der Waals surface area contributed by atoms with Gasteiger partial charge in [-0.3, -0.25) is 4.79 Å². The van der Waals surface area contributed by atoms with Gasteiger partial charge in [-0.25, -0.2) is 9.97 Å². The van der Waals surface area contributed by atoms with E-state index < -0.39 is 6.10 Å². The second-order valence-corrected chi connectivity index (χ2v) is 6.99. The molecule has 0 spiro atoms. The minimum Gasteiger partial charge on any atom is -0.368 e. The van der Waals surface area contributed by atoms with Gasteiger partial charge in [-0.15, -0.1) is 0 Å². The molecule has 0 bridgehead atoms. The summed E-state index contributed by atoms with van der Waals surface area (Å²) in [5.41, 5.74) is 1.63. The van der Waals surface area contributed by atoms with Gasteiger partial charge < -0.3 is 15.0 Å². The Kier molecular flexibility index (Phi) is 4.53. The van der Waals surface area contributed by atoms with E-state index in [4.69, 9.17) is 9.72 Å². The molecular formula is C19H24N4O2. The van der Waals surface area contributed by atoms with Crippen LogP contribution < -0.4 is 10.2 Å². The van der Waals surface area contributed by atoms with Crippen LogP contribution in [0.25, 0.3) is 11.0 Å². The fourth-order valence-corrected chi connectivity index (χ4v) is 3.08. The third-order valence-electron chi connectivity index (χ3n) is 4.85. The zero-order valence-electron chi connectivity index (χ0n) is 14.6. The van der Waals surface area contributed by atoms with Crippen LogP contribution in [0.2, 0.25) is 0 Å². The molecule has 25 heavy (non-hydrogen) atoms. The van der Waals surface area contributed by atoms with Crippen LogP contribution in [0.5, 0.6) is 0 Å². The topological polar surface area (TPSA) is 67.3 Å². The maximum atomic E-state index is 12.5. The normalized spacial score (nSPS) is 18.5. The summed E-state index contributed by atoms with van der Waals surface area (Å²) in [5.74, 6) is 1.77. The molecular weight excluding hydrogens is 316 g/mol. The van der Waals surface area contributed by atoms with Crippen molar-refractivity contribution in [1.82, 2.24) is 9.97 Å². The summed E-state index contributed by atoms with van der Waals surface area (Å²) >= 11 is 0. The van der Waals surface area contributed by atoms with Crippen molar-refractivity contribution >= 4 is 28.6 Å². The molecule has 1 aromatic heterocycles. The Morgan fingerprint density at radius 1 is 1.24 bits per heavy atom. The van der Waals surface area contributed by atoms with Crippen molar-refractivity contribution in [2.24, 2.45) is 5.92 Å². The van der Waals surface area contributed by atoms with E-state index in [-0.39, 0.29) is 5.91 Å². The zero-order valence-corrected chi connectivity index (χ0v) is 14.6. The number of aromatic nitrogens is 2. The molecule has 1 aliphatic heterocycles. The molecule has 2 fully saturated rings. The molecule has 2 aromatic rings. The van der Waals surface area contributed by atoms with Crippen molar-refractivity contribution in [3.8, 4) is 0 Å². The monoisotopic (exact) mass is 340 g/mol. The summed E-state index contributed by atoms with van der Waals surface area (Å²) in [7, 11) is 0. The molecule has 2 aliphatic rings. The average Bonchev–Trinajstić information content (AvgIpc) is 3.30. The number of amides is 1. The molecule has 0 radical (unpaired) electrons. The van der Waals surface area contributed by atoms with Crippen molar-refractivity contribution in [3.63, 3.8) is 0 Å². The van der Waals surface area contributed by atoms with Crippen LogP contribution in [-0.4, -0.2) is 41.7 Å². The molecule has 1 saturated heterocycles. The first-order chi connectivity index (χ1) is 12.2. The van der Waals surface area contributed by atoms with Crippen molar-refractivity contribution in [2.45, 2.75) is 38.7 Å². The fourth-order valence-electron chi connectivity index (χ4n) is 3.08. The highest BCUT2D eigenvalue weighted by molar-refractivity contribution is 5.96. The lowest BCUT2D eigenvalue weighted by Gasteiger charge is -2.21. The smallest absolute Gasteiger partial charge is 0.254 e. The van der Waals surface area contributed by atoms with Crippen LogP contribution in [0, 0.1) is 5.92 Å². The van der Waals surface area contributed by atoms with Gasteiger partial charge in [0, 0.05) is 13.1 Å². The number of benzene rings is 1. The number of carbonyl (C=O) groups is 1. The van der Waals surface area contributed by atoms with Gasteiger partial charge in [0.2, 0.25) is 0 Å². The maximum absolute atomic E-state index is 12.5. The van der Waals surface area contributed by atoms with E-state index in [0.717, 1.165) is 42.8 Å². The summed E-state index contributed by atoms with van der Waals surface area (Å²) in [6, 6.07) is 7.75. The number of hydrogen-bond donors (Lipinski definition) is 1. The predicted molar refractivity (Wildman–Crippen MR) is 97.8 cm³/mol. The Labute approximate surface area is 147 Å². The molecule has 1 N–H and O–H groups in total. The number of ether oxygens (including phenoxy) is 1. The number of nitrogens with one attached hydrogen (secondary N) is 1. The van der Waals surface area contributed by atoms with Gasteiger partial charge in [-0.2, -0.15) is 0 Å². The van der Waals surface area contributed by atoms with Crippen LogP contribution in [0.4, 0.5) is 11.6 Å². The Bertz CT molecular complexity index is 769. The third-order valence-corrected chi connectivity index (χ3v) is 4.85. The number of anilines is 2. The Balaban J connectivity index is 1.57. The first-order valence-corrected chi connectivity index (χ1v) is 9.15. The highest BCUT2D eigenvalue weighted by atomic mass is 16.5. The Morgan fingerprint density at radius 2 is 1.92 bits per heavy atom. The van der Waals surface area contributed by atoms with Crippen molar-refractivity contribution in [3.05, 3.63) is 24.3 Å². The molecule has 1 amide bonds. The quantitative estimate of drug-likeness (QED) is 0.875. The van der Waals surface area contributed by atoms with E-state index >= 15 is 0 Å². The molecule has 132 valence electrons. The number of para-hydroxylation sites is 2. The highest BCUT2D eigenvalue weighted by Gasteiger charge is 2.26. The molecule has 1 atom stereocenters. The lowest BCUT2D eigenvalue weighted by Crippen LogP contribution is -2.30. The summed E-state index contributed by atoms with van der Waals surface area (Å²) in [4.78, 5) is 24.1. The first kappa shape index (κ1) is 16.3. The van der Waals surface area contributed by atoms with E-state index in [0.29, 0.717) is 18.3 Å². The minimum atomic E-state index is -0.486. The third kappa shape index (κ3) is 3.74. The second kappa shape index (κ2) is 6.96. The number of rotatable bonds is 6. The Hall–Kier alpha value is -2.21. The number of nitrogens with zero attached hydrogens (tertiary/aromatic N) is 3. The molecule has 2 heterocycles. The molecule has 6 heteroatoms. The summed E-state index contributed by atoms with van der Waals surface area (Å²) in [5, 5.41) is 2.94. The molecule has 0 unspecified atom stereocenters. The number of fused-ring (bicyclic) bond motifs is 1. The average molecular weight is 340 g/mol. The lowest BCUT2D eigenvalue weighted by atomic mass is 10.3. The van der Waals surface area contributed by atoms with Crippen LogP contribution in [0.3, 0.4) is 0 Å². The van der Waals surface area contributed by atoms with Gasteiger partial charge in [-0.1, -0.05) is 12.1 Å². The molecule has 1 saturated carbocycles. The zero-order chi connectivity index (χ0) is 17.2. The van der Waals surface area contributed by atoms with E-state index in [9.17, 15) is 4.79 Å². The second-order valence-electron chi connectivity index (χ2n) is 6.99. The molecule has 1 aromatic carbocycles. The summed E-state index contributed by atoms with van der Waals surface area (Å²) < 4.78 is 5.68. The highest BCUT2D eigenvalue weighted by Crippen LogP contribution is 2.30. The van der Waals surface area contributed by atoms with Gasteiger partial charge in [-0.05, 0) is 50.7 Å².